The summed E-state index contributed by atoms with van der Waals surface area (Å²) in [5, 5.41) is 0. The van der Waals surface area contributed by atoms with Gasteiger partial charge in [-0.3, -0.25) is 0 Å². The predicted molar refractivity (Wildman–Crippen MR) is 245 cm³/mol. The molecule has 0 heterocycles. The first-order valence-corrected chi connectivity index (χ1v) is 71.2. The van der Waals surface area contributed by atoms with Crippen molar-refractivity contribution in [3.63, 3.8) is 0 Å². The maximum atomic E-state index is 3.24. The average molecular weight is 814 g/mol. The summed E-state index contributed by atoms with van der Waals surface area (Å²) in [5.74, 6) is 0. The Kier molecular flexibility index (Phi) is 13.3. The van der Waals surface area contributed by atoms with Gasteiger partial charge in [0, 0.05) is 102 Å². The van der Waals surface area contributed by atoms with Crippen molar-refractivity contribution in [2.75, 3.05) is 0 Å². The van der Waals surface area contributed by atoms with E-state index in [2.05, 4.69) is 183 Å². The Morgan fingerprint density at radius 2 is 0.238 bits per heavy atom. The van der Waals surface area contributed by atoms with Gasteiger partial charge in [-0.05, 0) is 0 Å². The van der Waals surface area contributed by atoms with E-state index in [0.29, 0.717) is 0 Å². The molecule has 0 atom stereocenters. The molecule has 0 aliphatic rings. The lowest BCUT2D eigenvalue weighted by Gasteiger charge is -2.73. The first kappa shape index (κ1) is 45.0. The summed E-state index contributed by atoms with van der Waals surface area (Å²) in [6.45, 7) is 78.1. The lowest BCUT2D eigenvalue weighted by molar-refractivity contribution is 1.74. The number of hydrogen-bond acceptors (Lipinski definition) is 0. The van der Waals surface area contributed by atoms with Crippen LogP contribution in [0.25, 0.3) is 0 Å². The molecular weight excluding hydrogens is 730 g/mol. The van der Waals surface area contributed by atoms with Gasteiger partial charge in [-0.1, -0.05) is 183 Å². The first-order valence-electron chi connectivity index (χ1n) is 17.2. The lowest BCUT2D eigenvalue weighted by Crippen LogP contribution is -3.04. The third-order valence-electron chi connectivity index (χ3n) is 14.2. The molecule has 0 bridgehead atoms. The van der Waals surface area contributed by atoms with Crippen LogP contribution in [0.3, 0.4) is 0 Å². The van der Waals surface area contributed by atoms with Crippen molar-refractivity contribution in [3.05, 3.63) is 0 Å². The second kappa shape index (κ2) is 12.4. The highest BCUT2D eigenvalue weighted by Crippen LogP contribution is 2.50. The third kappa shape index (κ3) is 7.16. The van der Waals surface area contributed by atoms with Crippen LogP contribution in [0.4, 0.5) is 0 Å². The number of hydrogen-bond donors (Lipinski definition) is 0. The Labute approximate surface area is 282 Å². The van der Waals surface area contributed by atoms with E-state index in [-0.39, 0.29) is 0 Å². The summed E-state index contributed by atoms with van der Waals surface area (Å²) in [7, 11) is -11.9. The monoisotopic (exact) mass is 812 g/mol. The second-order valence-electron chi connectivity index (χ2n) is 23.2. The molecule has 0 aromatic heterocycles. The van der Waals surface area contributed by atoms with Crippen LogP contribution in [-0.2, 0) is 0 Å². The topological polar surface area (TPSA) is 0 Å². The predicted octanol–water partition coefficient (Wildman–Crippen LogP) is 11.0. The van der Waals surface area contributed by atoms with Crippen molar-refractivity contribution >= 4 is 102 Å². The molecule has 0 aliphatic carbocycles. The van der Waals surface area contributed by atoms with Crippen molar-refractivity contribution in [2.24, 2.45) is 0 Å². The van der Waals surface area contributed by atoms with E-state index in [4.69, 9.17) is 0 Å². The Bertz CT molecular complexity index is 725. The minimum absolute atomic E-state index is 0.440. The standard InChI is InChI=1S/C28H84Si14/c1-31(2,3)39(25,32(4,5)6)29(40(26,33(7,8)9)34(10,11)12)30(41(27,35(13,14)15)36(16,17)18)42(28,37(19,20)21)38(22,23)24/h1-28H3. The van der Waals surface area contributed by atoms with Crippen LogP contribution < -0.4 is 0 Å². The minimum Gasteiger partial charge on any atom is -0.0753 e. The Morgan fingerprint density at radius 3 is 0.286 bits per heavy atom. The van der Waals surface area contributed by atoms with Crippen LogP contribution in [0, 0.1) is 0 Å². The quantitative estimate of drug-likeness (QED) is 0.163. The molecule has 0 N–H and O–H groups in total. The summed E-state index contributed by atoms with van der Waals surface area (Å²) in [6.07, 6.45) is 0. The molecule has 0 saturated heterocycles. The van der Waals surface area contributed by atoms with Gasteiger partial charge in [-0.2, -0.15) is 0 Å². The van der Waals surface area contributed by atoms with Crippen LogP contribution in [0.5, 0.6) is 0 Å². The molecule has 0 spiro atoms. The van der Waals surface area contributed by atoms with Crippen molar-refractivity contribution in [1.82, 2.24) is 0 Å². The maximum absolute atomic E-state index is 3.24. The highest BCUT2D eigenvalue weighted by Gasteiger charge is 2.77. The van der Waals surface area contributed by atoms with Gasteiger partial charge in [0.25, 0.3) is 0 Å². The molecule has 0 aromatic carbocycles. The molecule has 0 rings (SSSR count). The fraction of sp³-hybridized carbons (Fsp3) is 1.00. The van der Waals surface area contributed by atoms with Crippen LogP contribution in [0.1, 0.15) is 0 Å². The van der Waals surface area contributed by atoms with E-state index >= 15 is 0 Å². The SMILES string of the molecule is C[Si](C)(C)[Si](C)([Si]([Si]([Si](C)([Si](C)(C)C)[Si](C)(C)C)[Si](C)([Si](C)(C)C)[Si](C)(C)C)[Si](C)([Si](C)(C)C)[Si](C)(C)C)[Si](C)(C)C. The molecular formula is C28H84Si14. The molecule has 0 unspecified atom stereocenters. The van der Waals surface area contributed by atoms with Crippen LogP contribution in [0.2, 0.25) is 183 Å². The molecule has 0 nitrogen and oxygen atoms in total. The number of rotatable bonds is 13. The largest absolute Gasteiger partial charge is 0.0753 e. The maximum Gasteiger partial charge on any atom is 0.0326 e. The van der Waals surface area contributed by atoms with Gasteiger partial charge >= 0.3 is 0 Å². The van der Waals surface area contributed by atoms with E-state index in [1.54, 1.807) is 0 Å². The summed E-state index contributed by atoms with van der Waals surface area (Å²) in [4.78, 5) is 0. The van der Waals surface area contributed by atoms with Gasteiger partial charge in [0.05, 0.1) is 0 Å². The summed E-state index contributed by atoms with van der Waals surface area (Å²) < 4.78 is 0. The van der Waals surface area contributed by atoms with Gasteiger partial charge in [-0.25, -0.2) is 0 Å². The van der Waals surface area contributed by atoms with Gasteiger partial charge in [0.15, 0.2) is 0 Å². The first-order chi connectivity index (χ1) is 17.5. The van der Waals surface area contributed by atoms with E-state index in [1.807, 2.05) is 0 Å². The second-order valence-corrected chi connectivity index (χ2v) is 178. The highest BCUT2D eigenvalue weighted by molar-refractivity contribution is 8.28. The zero-order valence-electron chi connectivity index (χ0n) is 35.0. The van der Waals surface area contributed by atoms with Crippen molar-refractivity contribution in [1.29, 1.82) is 0 Å². The van der Waals surface area contributed by atoms with Gasteiger partial charge < -0.3 is 0 Å². The Morgan fingerprint density at radius 1 is 0.167 bits per heavy atom. The lowest BCUT2D eigenvalue weighted by atomic mass is 11.8. The van der Waals surface area contributed by atoms with E-state index < -0.39 is 102 Å². The molecule has 0 fully saturated rings. The van der Waals surface area contributed by atoms with E-state index in [0.717, 1.165) is 0 Å². The molecule has 0 aromatic rings. The third-order valence-corrected chi connectivity index (χ3v) is 344. The van der Waals surface area contributed by atoms with E-state index in [1.165, 1.54) is 0 Å². The zero-order valence-corrected chi connectivity index (χ0v) is 49.0. The van der Waals surface area contributed by atoms with E-state index in [9.17, 15) is 0 Å². The fourth-order valence-electron chi connectivity index (χ4n) is 9.50. The summed E-state index contributed by atoms with van der Waals surface area (Å²) >= 11 is 0. The molecule has 42 heavy (non-hydrogen) atoms. The molecule has 252 valence electrons. The van der Waals surface area contributed by atoms with Crippen molar-refractivity contribution in [3.8, 4) is 0 Å². The van der Waals surface area contributed by atoms with Crippen molar-refractivity contribution in [2.45, 2.75) is 183 Å². The molecule has 14 heteroatoms. The smallest absolute Gasteiger partial charge is 0.0326 e. The molecule has 0 saturated carbocycles. The highest BCUT2D eigenvalue weighted by atomic mass is 30.5. The molecule has 0 amide bonds. The summed E-state index contributed by atoms with van der Waals surface area (Å²) in [5.41, 5.74) is 0. The average Bonchev–Trinajstić information content (AvgIpc) is 2.62. The fourth-order valence-corrected chi connectivity index (χ4v) is 634. The van der Waals surface area contributed by atoms with Crippen LogP contribution >= 0.6 is 0 Å². The van der Waals surface area contributed by atoms with Gasteiger partial charge in [0.1, 0.15) is 0 Å². The normalized spacial score (nSPS) is 17.0. The van der Waals surface area contributed by atoms with Crippen molar-refractivity contribution < 1.29 is 0 Å². The zero-order chi connectivity index (χ0) is 35.2. The van der Waals surface area contributed by atoms with Gasteiger partial charge in [0.2, 0.25) is 0 Å². The summed E-state index contributed by atoms with van der Waals surface area (Å²) in [6, 6.07) is 0. The molecule has 2 radical (unpaired) electrons. The van der Waals surface area contributed by atoms with Crippen LogP contribution in [0.15, 0.2) is 0 Å². The minimum atomic E-state index is -1.52. The Hall–Kier alpha value is 3.04. The Balaban J connectivity index is 9.68. The van der Waals surface area contributed by atoms with Gasteiger partial charge in [-0.15, -0.1) is 0 Å². The molecule has 0 aliphatic heterocycles. The van der Waals surface area contributed by atoms with Crippen LogP contribution in [-0.4, -0.2) is 102 Å².